The van der Waals surface area contributed by atoms with Crippen molar-refractivity contribution in [3.63, 3.8) is 0 Å². The van der Waals surface area contributed by atoms with Crippen LogP contribution in [0.2, 0.25) is 5.02 Å². The Labute approximate surface area is 119 Å². The van der Waals surface area contributed by atoms with Crippen molar-refractivity contribution in [3.05, 3.63) is 41.2 Å². The van der Waals surface area contributed by atoms with E-state index in [-0.39, 0.29) is 0 Å². The van der Waals surface area contributed by atoms with Gasteiger partial charge in [0, 0.05) is 42.1 Å². The number of nitrogens with zero attached hydrogens (tertiary/aromatic N) is 2. The minimum atomic E-state index is 0.442. The summed E-state index contributed by atoms with van der Waals surface area (Å²) in [6.07, 6.45) is 3.84. The van der Waals surface area contributed by atoms with Crippen LogP contribution < -0.4 is 5.32 Å². The normalized spacial score (nSPS) is 11.2. The quantitative estimate of drug-likeness (QED) is 0.903. The number of aromatic nitrogens is 2. The van der Waals surface area contributed by atoms with Crippen LogP contribution in [-0.2, 0) is 13.1 Å². The summed E-state index contributed by atoms with van der Waals surface area (Å²) in [4.78, 5) is 4.47. The van der Waals surface area contributed by atoms with Crippen LogP contribution in [0.3, 0.4) is 0 Å². The predicted octanol–water partition coefficient (Wildman–Crippen LogP) is 3.72. The molecule has 4 heteroatoms. The third-order valence-corrected chi connectivity index (χ3v) is 3.30. The van der Waals surface area contributed by atoms with Crippen molar-refractivity contribution in [2.75, 3.05) is 0 Å². The summed E-state index contributed by atoms with van der Waals surface area (Å²) >= 11 is 6.11. The van der Waals surface area contributed by atoms with Gasteiger partial charge in [-0.3, -0.25) is 0 Å². The second-order valence-corrected chi connectivity index (χ2v) is 5.31. The number of hydrogen-bond donors (Lipinski definition) is 1. The number of rotatable bonds is 5. The molecular weight excluding hydrogens is 258 g/mol. The second-order valence-electron chi connectivity index (χ2n) is 4.87. The molecule has 2 aromatic rings. The van der Waals surface area contributed by atoms with E-state index < -0.39 is 0 Å². The zero-order valence-corrected chi connectivity index (χ0v) is 12.4. The molecular formula is C15H20ClN3. The molecule has 0 spiro atoms. The van der Waals surface area contributed by atoms with Gasteiger partial charge in [0.1, 0.15) is 5.82 Å². The summed E-state index contributed by atoms with van der Waals surface area (Å²) < 4.78 is 2.14. The maximum atomic E-state index is 6.11. The maximum Gasteiger partial charge on any atom is 0.140 e. The SMILES string of the molecule is CCn1ccnc1-c1ccc(Cl)cc1CNC(C)C. The summed E-state index contributed by atoms with van der Waals surface area (Å²) in [5, 5.41) is 4.20. The van der Waals surface area contributed by atoms with E-state index in [1.165, 1.54) is 5.56 Å². The number of imidazole rings is 1. The minimum absolute atomic E-state index is 0.442. The van der Waals surface area contributed by atoms with E-state index in [2.05, 4.69) is 35.6 Å². The largest absolute Gasteiger partial charge is 0.331 e. The molecule has 1 aromatic heterocycles. The summed E-state index contributed by atoms with van der Waals surface area (Å²) in [5.74, 6) is 1.000. The molecule has 1 heterocycles. The Hall–Kier alpha value is -1.32. The van der Waals surface area contributed by atoms with Crippen LogP contribution in [0.4, 0.5) is 0 Å². The maximum absolute atomic E-state index is 6.11. The van der Waals surface area contributed by atoms with Crippen molar-refractivity contribution in [1.29, 1.82) is 0 Å². The highest BCUT2D eigenvalue weighted by atomic mass is 35.5. The zero-order chi connectivity index (χ0) is 13.8. The summed E-state index contributed by atoms with van der Waals surface area (Å²) in [6.45, 7) is 8.10. The van der Waals surface area contributed by atoms with Gasteiger partial charge >= 0.3 is 0 Å². The molecule has 19 heavy (non-hydrogen) atoms. The number of halogens is 1. The molecule has 0 unspecified atom stereocenters. The van der Waals surface area contributed by atoms with Crippen molar-refractivity contribution < 1.29 is 0 Å². The Morgan fingerprint density at radius 1 is 1.37 bits per heavy atom. The molecule has 2 rings (SSSR count). The van der Waals surface area contributed by atoms with Crippen LogP contribution in [0.15, 0.2) is 30.6 Å². The van der Waals surface area contributed by atoms with Gasteiger partial charge in [-0.15, -0.1) is 0 Å². The molecule has 1 aromatic carbocycles. The summed E-state index contributed by atoms with van der Waals surface area (Å²) in [7, 11) is 0. The molecule has 0 fully saturated rings. The van der Waals surface area contributed by atoms with Crippen LogP contribution in [0.25, 0.3) is 11.4 Å². The van der Waals surface area contributed by atoms with E-state index >= 15 is 0 Å². The van der Waals surface area contributed by atoms with Gasteiger partial charge in [-0.05, 0) is 30.7 Å². The molecule has 3 nitrogen and oxygen atoms in total. The lowest BCUT2D eigenvalue weighted by atomic mass is 10.1. The number of hydrogen-bond acceptors (Lipinski definition) is 2. The van der Waals surface area contributed by atoms with Crippen LogP contribution >= 0.6 is 11.6 Å². The summed E-state index contributed by atoms with van der Waals surface area (Å²) in [5.41, 5.74) is 2.33. The molecule has 0 aliphatic rings. The van der Waals surface area contributed by atoms with E-state index in [0.717, 1.165) is 29.5 Å². The van der Waals surface area contributed by atoms with Gasteiger partial charge in [-0.1, -0.05) is 25.4 Å². The molecule has 0 saturated carbocycles. The van der Waals surface area contributed by atoms with E-state index in [1.807, 2.05) is 30.6 Å². The Morgan fingerprint density at radius 3 is 2.84 bits per heavy atom. The van der Waals surface area contributed by atoms with Crippen molar-refractivity contribution >= 4 is 11.6 Å². The average Bonchev–Trinajstić information content (AvgIpc) is 2.84. The van der Waals surface area contributed by atoms with Crippen molar-refractivity contribution in [3.8, 4) is 11.4 Å². The Morgan fingerprint density at radius 2 is 2.16 bits per heavy atom. The molecule has 0 aliphatic carbocycles. The van der Waals surface area contributed by atoms with Crippen molar-refractivity contribution in [2.45, 2.75) is 39.9 Å². The smallest absolute Gasteiger partial charge is 0.140 e. The molecule has 0 aliphatic heterocycles. The van der Waals surface area contributed by atoms with E-state index in [0.29, 0.717) is 6.04 Å². The standard InChI is InChI=1S/C15H20ClN3/c1-4-19-8-7-17-15(19)14-6-5-13(16)9-12(14)10-18-11(2)3/h5-9,11,18H,4,10H2,1-3H3. The monoisotopic (exact) mass is 277 g/mol. The topological polar surface area (TPSA) is 29.9 Å². The third-order valence-electron chi connectivity index (χ3n) is 3.07. The van der Waals surface area contributed by atoms with Gasteiger partial charge < -0.3 is 9.88 Å². The lowest BCUT2D eigenvalue weighted by Crippen LogP contribution is -2.22. The molecule has 0 bridgehead atoms. The highest BCUT2D eigenvalue weighted by Crippen LogP contribution is 2.25. The molecule has 0 amide bonds. The lowest BCUT2D eigenvalue weighted by Gasteiger charge is -2.14. The Kier molecular flexibility index (Phi) is 4.61. The van der Waals surface area contributed by atoms with Crippen LogP contribution in [0.5, 0.6) is 0 Å². The Bertz CT molecular complexity index is 546. The highest BCUT2D eigenvalue weighted by Gasteiger charge is 2.11. The molecule has 0 radical (unpaired) electrons. The number of nitrogens with one attached hydrogen (secondary N) is 1. The fourth-order valence-electron chi connectivity index (χ4n) is 2.05. The first-order chi connectivity index (χ1) is 9.11. The first kappa shape index (κ1) is 14.1. The minimum Gasteiger partial charge on any atom is -0.331 e. The Balaban J connectivity index is 2.39. The first-order valence-electron chi connectivity index (χ1n) is 6.65. The van der Waals surface area contributed by atoms with Crippen LogP contribution in [0.1, 0.15) is 26.3 Å². The average molecular weight is 278 g/mol. The van der Waals surface area contributed by atoms with Gasteiger partial charge in [0.2, 0.25) is 0 Å². The van der Waals surface area contributed by atoms with Gasteiger partial charge in [0.05, 0.1) is 0 Å². The van der Waals surface area contributed by atoms with Crippen LogP contribution in [-0.4, -0.2) is 15.6 Å². The van der Waals surface area contributed by atoms with Gasteiger partial charge in [0.15, 0.2) is 0 Å². The zero-order valence-electron chi connectivity index (χ0n) is 11.7. The van der Waals surface area contributed by atoms with Gasteiger partial charge in [-0.25, -0.2) is 4.98 Å². The van der Waals surface area contributed by atoms with E-state index in [9.17, 15) is 0 Å². The number of aryl methyl sites for hydroxylation is 1. The summed E-state index contributed by atoms with van der Waals surface area (Å²) in [6, 6.07) is 6.43. The van der Waals surface area contributed by atoms with Crippen molar-refractivity contribution in [2.24, 2.45) is 0 Å². The lowest BCUT2D eigenvalue weighted by molar-refractivity contribution is 0.589. The molecule has 1 N–H and O–H groups in total. The van der Waals surface area contributed by atoms with Gasteiger partial charge in [0.25, 0.3) is 0 Å². The molecule has 102 valence electrons. The van der Waals surface area contributed by atoms with E-state index in [4.69, 9.17) is 11.6 Å². The highest BCUT2D eigenvalue weighted by molar-refractivity contribution is 6.30. The fraction of sp³-hybridized carbons (Fsp3) is 0.400. The number of benzene rings is 1. The molecule has 0 atom stereocenters. The van der Waals surface area contributed by atoms with E-state index in [1.54, 1.807) is 0 Å². The fourth-order valence-corrected chi connectivity index (χ4v) is 2.24. The second kappa shape index (κ2) is 6.22. The predicted molar refractivity (Wildman–Crippen MR) is 80.3 cm³/mol. The van der Waals surface area contributed by atoms with Crippen LogP contribution in [0, 0.1) is 0 Å². The third kappa shape index (κ3) is 3.37. The molecule has 0 saturated heterocycles. The first-order valence-corrected chi connectivity index (χ1v) is 7.03. The van der Waals surface area contributed by atoms with Crippen molar-refractivity contribution in [1.82, 2.24) is 14.9 Å². The van der Waals surface area contributed by atoms with Gasteiger partial charge in [-0.2, -0.15) is 0 Å².